The lowest BCUT2D eigenvalue weighted by Crippen LogP contribution is -2.57. The molecule has 1 atom stereocenters. The van der Waals surface area contributed by atoms with Gasteiger partial charge >= 0.3 is 5.25 Å². The van der Waals surface area contributed by atoms with Gasteiger partial charge in [0.05, 0.1) is 17.1 Å². The molecule has 0 N–H and O–H groups in total. The van der Waals surface area contributed by atoms with Gasteiger partial charge in [0.15, 0.2) is 4.90 Å². The third kappa shape index (κ3) is 4.93. The van der Waals surface area contributed by atoms with E-state index in [1.807, 2.05) is 0 Å². The van der Waals surface area contributed by atoms with Crippen molar-refractivity contribution >= 4 is 23.6 Å². The second-order valence-electron chi connectivity index (χ2n) is 6.23. The van der Waals surface area contributed by atoms with Gasteiger partial charge in [-0.05, 0) is 42.3 Å². The molecule has 2 aromatic carbocycles. The molecule has 9 heteroatoms. The first-order valence-corrected chi connectivity index (χ1v) is 9.14. The zero-order chi connectivity index (χ0) is 18.9. The van der Waals surface area contributed by atoms with Gasteiger partial charge in [-0.3, -0.25) is 0 Å². The Labute approximate surface area is 163 Å². The van der Waals surface area contributed by atoms with Crippen LogP contribution in [0, 0.1) is 23.4 Å². The van der Waals surface area contributed by atoms with Crippen LogP contribution in [-0.4, -0.2) is 34.3 Å². The van der Waals surface area contributed by atoms with Crippen LogP contribution in [0.2, 0.25) is 0 Å². The monoisotopic (exact) mass is 425 g/mol. The molecule has 3 rings (SSSR count). The van der Waals surface area contributed by atoms with Gasteiger partial charge in [-0.25, -0.2) is 13.2 Å². The van der Waals surface area contributed by atoms with Crippen LogP contribution in [0.3, 0.4) is 0 Å². The van der Waals surface area contributed by atoms with Gasteiger partial charge in [0.2, 0.25) is 0 Å². The fourth-order valence-corrected chi connectivity index (χ4v) is 3.98. The highest BCUT2D eigenvalue weighted by Gasteiger charge is 2.56. The topological polar surface area (TPSA) is 26.3 Å². The summed E-state index contributed by atoms with van der Waals surface area (Å²) < 4.78 is 80.1. The standard InChI is InChI=1S/C18H16F5NOS.ClH/c19-14-3-5-16(6-4-14)26(25)18(22,23)13-10-24(11-13)8-7-12-1-2-15(20)9-17(12)21;/h1-6,9,13H,7-8,10-11H2;1H. The number of halogens is 6. The molecule has 0 spiro atoms. The largest absolute Gasteiger partial charge is 0.607 e. The predicted octanol–water partition coefficient (Wildman–Crippen LogP) is 4.40. The van der Waals surface area contributed by atoms with Crippen LogP contribution in [0.25, 0.3) is 0 Å². The summed E-state index contributed by atoms with van der Waals surface area (Å²) in [5.74, 6) is -3.01. The van der Waals surface area contributed by atoms with Crippen LogP contribution in [0.5, 0.6) is 0 Å². The van der Waals surface area contributed by atoms with Crippen LogP contribution in [0.4, 0.5) is 22.0 Å². The summed E-state index contributed by atoms with van der Waals surface area (Å²) in [5.41, 5.74) is 0.316. The minimum Gasteiger partial charge on any atom is -0.607 e. The summed E-state index contributed by atoms with van der Waals surface area (Å²) in [7, 11) is 0. The molecule has 1 fully saturated rings. The molecule has 0 radical (unpaired) electrons. The Morgan fingerprint density at radius 2 is 1.59 bits per heavy atom. The number of likely N-dealkylation sites (tertiary alicyclic amines) is 1. The summed E-state index contributed by atoms with van der Waals surface area (Å²) in [6.07, 6.45) is 0.269. The Hall–Kier alpha value is -1.35. The molecule has 148 valence electrons. The summed E-state index contributed by atoms with van der Waals surface area (Å²) in [4.78, 5) is 1.58. The Morgan fingerprint density at radius 3 is 2.19 bits per heavy atom. The smallest absolute Gasteiger partial charge is 0.417 e. The van der Waals surface area contributed by atoms with E-state index in [9.17, 15) is 26.5 Å². The van der Waals surface area contributed by atoms with E-state index in [-0.39, 0.29) is 36.8 Å². The van der Waals surface area contributed by atoms with Gasteiger partial charge in [-0.2, -0.15) is 8.78 Å². The number of rotatable bonds is 6. The van der Waals surface area contributed by atoms with Crippen molar-refractivity contribution in [3.8, 4) is 0 Å². The van der Waals surface area contributed by atoms with E-state index in [0.29, 0.717) is 12.1 Å². The maximum Gasteiger partial charge on any atom is 0.417 e. The first-order valence-electron chi connectivity index (χ1n) is 7.99. The molecule has 27 heavy (non-hydrogen) atoms. The minimum absolute atomic E-state index is 0. The van der Waals surface area contributed by atoms with Crippen molar-refractivity contribution in [3.63, 3.8) is 0 Å². The Kier molecular flexibility index (Phi) is 7.13. The third-order valence-corrected chi connectivity index (χ3v) is 5.95. The maximum atomic E-state index is 14.4. The molecule has 0 aliphatic carbocycles. The predicted molar refractivity (Wildman–Crippen MR) is 95.0 cm³/mol. The number of benzene rings is 2. The fraction of sp³-hybridized carbons (Fsp3) is 0.333. The number of hydrogen-bond acceptors (Lipinski definition) is 2. The molecular formula is C18H17ClF5NOS. The van der Waals surface area contributed by atoms with Crippen molar-refractivity contribution in [1.82, 2.24) is 4.90 Å². The quantitative estimate of drug-likeness (QED) is 0.506. The number of alkyl halides is 2. The fourth-order valence-electron chi connectivity index (χ4n) is 2.83. The Balaban J connectivity index is 0.00000261. The number of hydrogen-bond donors (Lipinski definition) is 0. The molecule has 1 saturated heterocycles. The van der Waals surface area contributed by atoms with Gasteiger partial charge in [0.25, 0.3) is 0 Å². The first-order chi connectivity index (χ1) is 12.3. The highest BCUT2D eigenvalue weighted by atomic mass is 35.5. The molecule has 1 aliphatic heterocycles. The van der Waals surface area contributed by atoms with Gasteiger partial charge in [0, 0.05) is 25.7 Å². The molecule has 1 heterocycles. The van der Waals surface area contributed by atoms with E-state index in [1.54, 1.807) is 4.90 Å². The van der Waals surface area contributed by atoms with Gasteiger partial charge in [-0.1, -0.05) is 6.07 Å². The summed E-state index contributed by atoms with van der Waals surface area (Å²) in [5, 5.41) is -3.44. The first kappa shape index (κ1) is 21.9. The van der Waals surface area contributed by atoms with Crippen LogP contribution in [0.15, 0.2) is 47.4 Å². The van der Waals surface area contributed by atoms with Crippen molar-refractivity contribution in [3.05, 3.63) is 65.5 Å². The van der Waals surface area contributed by atoms with Crippen LogP contribution in [0.1, 0.15) is 5.56 Å². The Bertz CT molecular complexity index is 771. The molecule has 2 nitrogen and oxygen atoms in total. The summed E-state index contributed by atoms with van der Waals surface area (Å²) in [6, 6.07) is 7.44. The van der Waals surface area contributed by atoms with E-state index in [0.717, 1.165) is 36.4 Å². The molecule has 1 aliphatic rings. The van der Waals surface area contributed by atoms with Crippen LogP contribution in [-0.2, 0) is 17.6 Å². The van der Waals surface area contributed by atoms with E-state index >= 15 is 0 Å². The molecule has 0 bridgehead atoms. The average molecular weight is 426 g/mol. The van der Waals surface area contributed by atoms with Crippen molar-refractivity contribution in [2.24, 2.45) is 5.92 Å². The Morgan fingerprint density at radius 1 is 1.00 bits per heavy atom. The second-order valence-corrected chi connectivity index (χ2v) is 7.78. The second kappa shape index (κ2) is 8.77. The van der Waals surface area contributed by atoms with E-state index in [4.69, 9.17) is 0 Å². The van der Waals surface area contributed by atoms with Crippen molar-refractivity contribution < 1.29 is 26.5 Å². The average Bonchev–Trinajstić information content (AvgIpc) is 2.55. The van der Waals surface area contributed by atoms with Crippen molar-refractivity contribution in [1.29, 1.82) is 0 Å². The lowest BCUT2D eigenvalue weighted by atomic mass is 9.99. The molecular weight excluding hydrogens is 409 g/mol. The molecule has 0 saturated carbocycles. The van der Waals surface area contributed by atoms with Gasteiger partial charge in [-0.15, -0.1) is 12.4 Å². The zero-order valence-corrected chi connectivity index (χ0v) is 15.6. The van der Waals surface area contributed by atoms with Crippen molar-refractivity contribution in [2.75, 3.05) is 19.6 Å². The summed E-state index contributed by atoms with van der Waals surface area (Å²) >= 11 is -2.57. The van der Waals surface area contributed by atoms with E-state index in [2.05, 4.69) is 0 Å². The SMILES string of the molecule is Cl.[O-][S+](c1ccc(F)cc1)C(F)(F)C1CN(CCc2ccc(F)cc2F)C1. The minimum atomic E-state index is -3.44. The lowest BCUT2D eigenvalue weighted by Gasteiger charge is -2.42. The van der Waals surface area contributed by atoms with Gasteiger partial charge < -0.3 is 9.45 Å². The maximum absolute atomic E-state index is 14.4. The third-order valence-electron chi connectivity index (χ3n) is 4.42. The highest BCUT2D eigenvalue weighted by Crippen LogP contribution is 2.40. The van der Waals surface area contributed by atoms with E-state index < -0.39 is 39.8 Å². The molecule has 0 aromatic heterocycles. The van der Waals surface area contributed by atoms with E-state index in [1.165, 1.54) is 6.07 Å². The molecule has 2 aromatic rings. The normalized spacial score (nSPS) is 16.5. The van der Waals surface area contributed by atoms with Crippen LogP contribution >= 0.6 is 12.4 Å². The summed E-state index contributed by atoms with van der Waals surface area (Å²) in [6.45, 7) is 0.407. The lowest BCUT2D eigenvalue weighted by molar-refractivity contribution is -0.0558. The molecule has 1 unspecified atom stereocenters. The van der Waals surface area contributed by atoms with Gasteiger partial charge in [0.1, 0.15) is 17.5 Å². The highest BCUT2D eigenvalue weighted by molar-refractivity contribution is 7.92. The number of nitrogens with zero attached hydrogens (tertiary/aromatic N) is 1. The zero-order valence-electron chi connectivity index (χ0n) is 14.0. The van der Waals surface area contributed by atoms with Crippen molar-refractivity contribution in [2.45, 2.75) is 16.6 Å². The molecule has 0 amide bonds. The van der Waals surface area contributed by atoms with Crippen LogP contribution < -0.4 is 0 Å².